The third kappa shape index (κ3) is 2.83. The average Bonchev–Trinajstić information content (AvgIpc) is 2.46. The molecule has 0 spiro atoms. The molecule has 0 saturated carbocycles. The monoisotopic (exact) mass is 278 g/mol. The van der Waals surface area contributed by atoms with E-state index in [1.807, 2.05) is 0 Å². The lowest BCUT2D eigenvalue weighted by Gasteiger charge is -2.17. The highest BCUT2D eigenvalue weighted by Crippen LogP contribution is 2.35. The van der Waals surface area contributed by atoms with Crippen molar-refractivity contribution >= 4 is 11.6 Å². The van der Waals surface area contributed by atoms with Gasteiger partial charge in [0.1, 0.15) is 17.6 Å². The Morgan fingerprint density at radius 3 is 2.26 bits per heavy atom. The lowest BCUT2D eigenvalue weighted by Crippen LogP contribution is -2.03. The van der Waals surface area contributed by atoms with Gasteiger partial charge in [-0.3, -0.25) is 0 Å². The maximum atomic E-state index is 10.4. The number of rotatable bonds is 4. The van der Waals surface area contributed by atoms with Crippen LogP contribution in [-0.4, -0.2) is 19.3 Å². The molecule has 1 unspecified atom stereocenters. The number of aliphatic hydroxyl groups is 1. The molecule has 0 aliphatic rings. The molecule has 2 rings (SSSR count). The predicted molar refractivity (Wildman–Crippen MR) is 75.1 cm³/mol. The van der Waals surface area contributed by atoms with Crippen LogP contribution in [0.4, 0.5) is 0 Å². The first-order chi connectivity index (χ1) is 9.17. The van der Waals surface area contributed by atoms with Crippen molar-refractivity contribution in [1.82, 2.24) is 0 Å². The Bertz CT molecular complexity index is 552. The van der Waals surface area contributed by atoms with Crippen molar-refractivity contribution in [2.45, 2.75) is 6.10 Å². The summed E-state index contributed by atoms with van der Waals surface area (Å²) in [5, 5.41) is 10.9. The Balaban J connectivity index is 2.40. The van der Waals surface area contributed by atoms with Gasteiger partial charge in [-0.2, -0.15) is 0 Å². The van der Waals surface area contributed by atoms with Crippen LogP contribution in [0.2, 0.25) is 5.02 Å². The van der Waals surface area contributed by atoms with E-state index in [0.29, 0.717) is 16.3 Å². The van der Waals surface area contributed by atoms with Gasteiger partial charge >= 0.3 is 0 Å². The third-order valence-electron chi connectivity index (χ3n) is 2.94. The highest BCUT2D eigenvalue weighted by atomic mass is 35.5. The number of halogens is 1. The Labute approximate surface area is 117 Å². The average molecular weight is 279 g/mol. The quantitative estimate of drug-likeness (QED) is 0.931. The normalized spacial score (nSPS) is 12.0. The van der Waals surface area contributed by atoms with Crippen molar-refractivity contribution < 1.29 is 14.6 Å². The second-order valence-corrected chi connectivity index (χ2v) is 4.44. The second-order valence-electron chi connectivity index (χ2n) is 4.03. The van der Waals surface area contributed by atoms with Crippen molar-refractivity contribution in [2.24, 2.45) is 0 Å². The van der Waals surface area contributed by atoms with Crippen LogP contribution in [-0.2, 0) is 0 Å². The van der Waals surface area contributed by atoms with Gasteiger partial charge in [-0.1, -0.05) is 29.8 Å². The van der Waals surface area contributed by atoms with Gasteiger partial charge in [0.25, 0.3) is 0 Å². The molecule has 0 radical (unpaired) electrons. The highest BCUT2D eigenvalue weighted by molar-refractivity contribution is 6.31. The minimum absolute atomic E-state index is 0.475. The number of hydrogen-bond donors (Lipinski definition) is 1. The van der Waals surface area contributed by atoms with Crippen molar-refractivity contribution in [3.8, 4) is 11.5 Å². The van der Waals surface area contributed by atoms with Gasteiger partial charge in [-0.25, -0.2) is 0 Å². The number of aliphatic hydroxyl groups excluding tert-OH is 1. The minimum Gasteiger partial charge on any atom is -0.497 e. The van der Waals surface area contributed by atoms with Crippen LogP contribution in [0.15, 0.2) is 42.5 Å². The summed E-state index contributed by atoms with van der Waals surface area (Å²) in [4.78, 5) is 0. The van der Waals surface area contributed by atoms with Crippen LogP contribution in [0.3, 0.4) is 0 Å². The SMILES string of the molecule is COc1ccc(C(O)c2c(Cl)cccc2OC)cc1. The second kappa shape index (κ2) is 5.95. The number of benzene rings is 2. The molecule has 1 atom stereocenters. The minimum atomic E-state index is -0.838. The van der Waals surface area contributed by atoms with Crippen LogP contribution >= 0.6 is 11.6 Å². The molecule has 4 heteroatoms. The molecule has 3 nitrogen and oxygen atoms in total. The van der Waals surface area contributed by atoms with E-state index in [0.717, 1.165) is 11.3 Å². The molecule has 100 valence electrons. The van der Waals surface area contributed by atoms with Gasteiger partial charge in [-0.05, 0) is 29.8 Å². The van der Waals surface area contributed by atoms with Crippen LogP contribution in [0, 0.1) is 0 Å². The first kappa shape index (κ1) is 13.7. The summed E-state index contributed by atoms with van der Waals surface area (Å²) < 4.78 is 10.3. The maximum absolute atomic E-state index is 10.4. The van der Waals surface area contributed by atoms with Crippen LogP contribution in [0.5, 0.6) is 11.5 Å². The van der Waals surface area contributed by atoms with E-state index < -0.39 is 6.10 Å². The summed E-state index contributed by atoms with van der Waals surface area (Å²) in [5.41, 5.74) is 1.30. The van der Waals surface area contributed by atoms with Crippen molar-refractivity contribution in [2.75, 3.05) is 14.2 Å². The van der Waals surface area contributed by atoms with E-state index in [1.54, 1.807) is 56.7 Å². The molecule has 0 aliphatic heterocycles. The molecule has 0 aromatic heterocycles. The molecule has 0 saturated heterocycles. The fraction of sp³-hybridized carbons (Fsp3) is 0.200. The van der Waals surface area contributed by atoms with Gasteiger partial charge in [0.05, 0.1) is 19.2 Å². The molecular weight excluding hydrogens is 264 g/mol. The van der Waals surface area contributed by atoms with Crippen molar-refractivity contribution in [3.63, 3.8) is 0 Å². The fourth-order valence-electron chi connectivity index (χ4n) is 1.91. The first-order valence-electron chi connectivity index (χ1n) is 5.81. The first-order valence-corrected chi connectivity index (χ1v) is 6.19. The smallest absolute Gasteiger partial charge is 0.126 e. The van der Waals surface area contributed by atoms with Gasteiger partial charge in [-0.15, -0.1) is 0 Å². The van der Waals surface area contributed by atoms with E-state index in [-0.39, 0.29) is 0 Å². The molecule has 2 aromatic carbocycles. The van der Waals surface area contributed by atoms with E-state index in [1.165, 1.54) is 0 Å². The largest absolute Gasteiger partial charge is 0.497 e. The van der Waals surface area contributed by atoms with Gasteiger partial charge in [0.15, 0.2) is 0 Å². The van der Waals surface area contributed by atoms with E-state index in [4.69, 9.17) is 21.1 Å². The molecule has 0 amide bonds. The zero-order valence-electron chi connectivity index (χ0n) is 10.8. The van der Waals surface area contributed by atoms with Gasteiger partial charge in [0.2, 0.25) is 0 Å². The third-order valence-corrected chi connectivity index (χ3v) is 3.27. The molecule has 2 aromatic rings. The lowest BCUT2D eigenvalue weighted by molar-refractivity contribution is 0.214. The number of methoxy groups -OCH3 is 2. The van der Waals surface area contributed by atoms with Crippen LogP contribution in [0.1, 0.15) is 17.2 Å². The van der Waals surface area contributed by atoms with Crippen LogP contribution in [0.25, 0.3) is 0 Å². The predicted octanol–water partition coefficient (Wildman–Crippen LogP) is 3.44. The number of hydrogen-bond acceptors (Lipinski definition) is 3. The van der Waals surface area contributed by atoms with Crippen molar-refractivity contribution in [1.29, 1.82) is 0 Å². The Morgan fingerprint density at radius 2 is 1.68 bits per heavy atom. The summed E-state index contributed by atoms with van der Waals surface area (Å²) in [7, 11) is 3.15. The van der Waals surface area contributed by atoms with E-state index in [2.05, 4.69) is 0 Å². The number of ether oxygens (including phenoxy) is 2. The van der Waals surface area contributed by atoms with Crippen LogP contribution < -0.4 is 9.47 Å². The van der Waals surface area contributed by atoms with Gasteiger partial charge in [0, 0.05) is 5.56 Å². The molecule has 0 fully saturated rings. The standard InChI is InChI=1S/C15H15ClO3/c1-18-11-8-6-10(7-9-11)15(17)14-12(16)4-3-5-13(14)19-2/h3-9,15,17H,1-2H3. The van der Waals surface area contributed by atoms with E-state index >= 15 is 0 Å². The topological polar surface area (TPSA) is 38.7 Å². The van der Waals surface area contributed by atoms with Crippen molar-refractivity contribution in [3.05, 3.63) is 58.6 Å². The Morgan fingerprint density at radius 1 is 1.00 bits per heavy atom. The summed E-state index contributed by atoms with van der Waals surface area (Å²) in [6.45, 7) is 0. The lowest BCUT2D eigenvalue weighted by atomic mass is 10.0. The zero-order valence-corrected chi connectivity index (χ0v) is 11.5. The fourth-order valence-corrected chi connectivity index (χ4v) is 2.18. The zero-order chi connectivity index (χ0) is 13.8. The summed E-state index contributed by atoms with van der Waals surface area (Å²) >= 11 is 6.15. The molecule has 0 heterocycles. The molecular formula is C15H15ClO3. The Kier molecular flexibility index (Phi) is 4.30. The molecule has 0 aliphatic carbocycles. The molecule has 1 N–H and O–H groups in total. The Hall–Kier alpha value is -1.71. The highest BCUT2D eigenvalue weighted by Gasteiger charge is 2.18. The summed E-state index contributed by atoms with van der Waals surface area (Å²) in [6.07, 6.45) is -0.838. The van der Waals surface area contributed by atoms with Gasteiger partial charge < -0.3 is 14.6 Å². The molecule has 19 heavy (non-hydrogen) atoms. The maximum Gasteiger partial charge on any atom is 0.126 e. The molecule has 0 bridgehead atoms. The summed E-state index contributed by atoms with van der Waals surface area (Å²) in [6, 6.07) is 12.5. The summed E-state index contributed by atoms with van der Waals surface area (Å²) in [5.74, 6) is 1.30. The van der Waals surface area contributed by atoms with E-state index in [9.17, 15) is 5.11 Å².